The van der Waals surface area contributed by atoms with Crippen LogP contribution in [0.5, 0.6) is 0 Å². The molecule has 1 aromatic carbocycles. The van der Waals surface area contributed by atoms with Crippen molar-refractivity contribution in [3.63, 3.8) is 0 Å². The van der Waals surface area contributed by atoms with Gasteiger partial charge in [0.05, 0.1) is 0 Å². The number of hydrogen-bond donors (Lipinski definition) is 3. The molecule has 4 N–H and O–H groups in total. The topological polar surface area (TPSA) is 50.1 Å². The molecule has 2 rings (SSSR count). The molecular formula is C15H25N3. The highest BCUT2D eigenvalue weighted by Gasteiger charge is 2.17. The maximum atomic E-state index is 6.30. The van der Waals surface area contributed by atoms with Gasteiger partial charge in [0.1, 0.15) is 0 Å². The van der Waals surface area contributed by atoms with Crippen molar-refractivity contribution in [3.05, 3.63) is 35.9 Å². The van der Waals surface area contributed by atoms with Gasteiger partial charge in [-0.05, 0) is 44.0 Å². The minimum absolute atomic E-state index is 0.125. The van der Waals surface area contributed by atoms with E-state index in [1.54, 1.807) is 0 Å². The van der Waals surface area contributed by atoms with Crippen LogP contribution in [0.2, 0.25) is 0 Å². The van der Waals surface area contributed by atoms with Gasteiger partial charge < -0.3 is 16.4 Å². The average molecular weight is 247 g/mol. The number of rotatable bonds is 5. The van der Waals surface area contributed by atoms with Crippen LogP contribution in [0.4, 0.5) is 0 Å². The van der Waals surface area contributed by atoms with Crippen LogP contribution < -0.4 is 16.4 Å². The fourth-order valence-electron chi connectivity index (χ4n) is 2.51. The largest absolute Gasteiger partial charge is 0.324 e. The van der Waals surface area contributed by atoms with Crippen LogP contribution >= 0.6 is 0 Å². The summed E-state index contributed by atoms with van der Waals surface area (Å²) in [4.78, 5) is 0. The molecule has 0 amide bonds. The lowest BCUT2D eigenvalue weighted by molar-refractivity contribution is 0.345. The van der Waals surface area contributed by atoms with E-state index in [0.29, 0.717) is 12.0 Å². The molecule has 0 unspecified atom stereocenters. The molecule has 0 saturated carbocycles. The number of nitrogens with one attached hydrogen (secondary N) is 2. The summed E-state index contributed by atoms with van der Waals surface area (Å²) in [5.41, 5.74) is 7.54. The Morgan fingerprint density at radius 3 is 2.61 bits per heavy atom. The minimum Gasteiger partial charge on any atom is -0.324 e. The first-order chi connectivity index (χ1) is 8.77. The normalized spacial score (nSPS) is 20.6. The molecular weight excluding hydrogens is 222 g/mol. The predicted molar refractivity (Wildman–Crippen MR) is 76.4 cm³/mol. The third-order valence-corrected chi connectivity index (χ3v) is 3.87. The summed E-state index contributed by atoms with van der Waals surface area (Å²) in [6, 6.07) is 11.2. The molecule has 0 aromatic heterocycles. The van der Waals surface area contributed by atoms with Crippen LogP contribution in [0.15, 0.2) is 30.3 Å². The van der Waals surface area contributed by atoms with Gasteiger partial charge in [-0.3, -0.25) is 0 Å². The summed E-state index contributed by atoms with van der Waals surface area (Å²) < 4.78 is 0. The Balaban J connectivity index is 1.78. The molecule has 3 nitrogen and oxygen atoms in total. The van der Waals surface area contributed by atoms with E-state index in [4.69, 9.17) is 5.73 Å². The second-order valence-corrected chi connectivity index (χ2v) is 5.35. The van der Waals surface area contributed by atoms with Crippen molar-refractivity contribution in [2.75, 3.05) is 19.6 Å². The molecule has 0 bridgehead atoms. The van der Waals surface area contributed by atoms with E-state index < -0.39 is 0 Å². The van der Waals surface area contributed by atoms with Crippen LogP contribution in [-0.4, -0.2) is 25.7 Å². The van der Waals surface area contributed by atoms with Gasteiger partial charge in [0.15, 0.2) is 0 Å². The summed E-state index contributed by atoms with van der Waals surface area (Å²) in [5, 5.41) is 7.04. The number of benzene rings is 1. The fourth-order valence-corrected chi connectivity index (χ4v) is 2.51. The van der Waals surface area contributed by atoms with Gasteiger partial charge in [-0.15, -0.1) is 0 Å². The first-order valence-corrected chi connectivity index (χ1v) is 7.02. The summed E-state index contributed by atoms with van der Waals surface area (Å²) >= 11 is 0. The quantitative estimate of drug-likeness (QED) is 0.742. The third-order valence-electron chi connectivity index (χ3n) is 3.87. The van der Waals surface area contributed by atoms with Gasteiger partial charge >= 0.3 is 0 Å². The van der Waals surface area contributed by atoms with Crippen LogP contribution in [0.25, 0.3) is 0 Å². The summed E-state index contributed by atoms with van der Waals surface area (Å²) in [7, 11) is 0. The fraction of sp³-hybridized carbons (Fsp3) is 0.600. The Morgan fingerprint density at radius 2 is 1.94 bits per heavy atom. The summed E-state index contributed by atoms with van der Waals surface area (Å²) in [5.74, 6) is 0.460. The van der Waals surface area contributed by atoms with E-state index in [0.717, 1.165) is 19.6 Å². The lowest BCUT2D eigenvalue weighted by Crippen LogP contribution is -2.42. The molecule has 2 atom stereocenters. The highest BCUT2D eigenvalue weighted by molar-refractivity contribution is 5.19. The average Bonchev–Trinajstić information content (AvgIpc) is 2.46. The highest BCUT2D eigenvalue weighted by Crippen LogP contribution is 2.18. The van der Waals surface area contributed by atoms with E-state index in [1.807, 2.05) is 6.07 Å². The zero-order chi connectivity index (χ0) is 12.8. The van der Waals surface area contributed by atoms with Crippen molar-refractivity contribution < 1.29 is 0 Å². The van der Waals surface area contributed by atoms with Crippen molar-refractivity contribution in [3.8, 4) is 0 Å². The standard InChI is InChI=1S/C15H25N3/c1-12(11-18-14-7-9-17-10-8-14)15(16)13-5-3-2-4-6-13/h2-6,12,14-15,17-18H,7-11,16H2,1H3/t12-,15+/m0/s1. The van der Waals surface area contributed by atoms with Crippen LogP contribution in [-0.2, 0) is 0 Å². The molecule has 1 aliphatic heterocycles. The molecule has 1 aliphatic rings. The Morgan fingerprint density at radius 1 is 1.28 bits per heavy atom. The first-order valence-electron chi connectivity index (χ1n) is 7.02. The zero-order valence-corrected chi connectivity index (χ0v) is 11.2. The molecule has 1 saturated heterocycles. The molecule has 0 spiro atoms. The molecule has 1 aromatic rings. The second kappa shape index (κ2) is 6.88. The van der Waals surface area contributed by atoms with Crippen molar-refractivity contribution in [2.24, 2.45) is 11.7 Å². The van der Waals surface area contributed by atoms with Gasteiger partial charge in [-0.1, -0.05) is 37.3 Å². The Hall–Kier alpha value is -0.900. The minimum atomic E-state index is 0.125. The van der Waals surface area contributed by atoms with E-state index in [2.05, 4.69) is 41.8 Å². The van der Waals surface area contributed by atoms with E-state index in [1.165, 1.54) is 18.4 Å². The molecule has 100 valence electrons. The molecule has 3 heteroatoms. The van der Waals surface area contributed by atoms with Crippen molar-refractivity contribution in [1.82, 2.24) is 10.6 Å². The third kappa shape index (κ3) is 3.80. The molecule has 1 fully saturated rings. The van der Waals surface area contributed by atoms with Gasteiger partial charge in [0, 0.05) is 12.1 Å². The zero-order valence-electron chi connectivity index (χ0n) is 11.2. The summed E-state index contributed by atoms with van der Waals surface area (Å²) in [6.07, 6.45) is 2.46. The second-order valence-electron chi connectivity index (χ2n) is 5.35. The predicted octanol–water partition coefficient (Wildman–Crippen LogP) is 1.66. The Bertz CT molecular complexity index is 333. The number of hydrogen-bond acceptors (Lipinski definition) is 3. The molecule has 1 heterocycles. The first kappa shape index (κ1) is 13.5. The Labute approximate surface area is 110 Å². The molecule has 0 aliphatic carbocycles. The maximum absolute atomic E-state index is 6.30. The van der Waals surface area contributed by atoms with Gasteiger partial charge in [0.2, 0.25) is 0 Å². The highest BCUT2D eigenvalue weighted by atomic mass is 15.0. The van der Waals surface area contributed by atoms with Gasteiger partial charge in [-0.2, -0.15) is 0 Å². The van der Waals surface area contributed by atoms with Crippen molar-refractivity contribution >= 4 is 0 Å². The van der Waals surface area contributed by atoms with Crippen molar-refractivity contribution in [1.29, 1.82) is 0 Å². The lowest BCUT2D eigenvalue weighted by atomic mass is 9.94. The van der Waals surface area contributed by atoms with Crippen molar-refractivity contribution in [2.45, 2.75) is 31.8 Å². The van der Waals surface area contributed by atoms with E-state index >= 15 is 0 Å². The van der Waals surface area contributed by atoms with E-state index in [-0.39, 0.29) is 6.04 Å². The Kier molecular flexibility index (Phi) is 5.17. The monoisotopic (exact) mass is 247 g/mol. The smallest absolute Gasteiger partial charge is 0.0333 e. The van der Waals surface area contributed by atoms with Crippen LogP contribution in [0.1, 0.15) is 31.4 Å². The maximum Gasteiger partial charge on any atom is 0.0333 e. The summed E-state index contributed by atoms with van der Waals surface area (Å²) in [6.45, 7) is 5.50. The molecule has 0 radical (unpaired) electrons. The number of nitrogens with two attached hydrogens (primary N) is 1. The van der Waals surface area contributed by atoms with Crippen LogP contribution in [0.3, 0.4) is 0 Å². The van der Waals surface area contributed by atoms with Gasteiger partial charge in [0.25, 0.3) is 0 Å². The lowest BCUT2D eigenvalue weighted by Gasteiger charge is -2.27. The van der Waals surface area contributed by atoms with E-state index in [9.17, 15) is 0 Å². The van der Waals surface area contributed by atoms with Crippen LogP contribution in [0, 0.1) is 5.92 Å². The SMILES string of the molecule is C[C@@H](CNC1CCNCC1)[C@@H](N)c1ccccc1. The number of piperidine rings is 1. The molecule has 18 heavy (non-hydrogen) atoms. The van der Waals surface area contributed by atoms with Gasteiger partial charge in [-0.25, -0.2) is 0 Å².